The third-order valence-corrected chi connectivity index (χ3v) is 5.37. The summed E-state index contributed by atoms with van der Waals surface area (Å²) >= 11 is 0. The Labute approximate surface area is 156 Å². The molecule has 0 bridgehead atoms. The van der Waals surface area contributed by atoms with E-state index in [4.69, 9.17) is 19.9 Å². The number of rotatable bonds is 4. The SMILES string of the molecule is C[C@@H]1OC(=O)[C@@H](N)CCCC[C@H](Oc2ccccc2)[C@H]1OC1CCCC1. The fraction of sp³-hybridized carbons (Fsp3) is 0.667. The van der Waals surface area contributed by atoms with Crippen LogP contribution < -0.4 is 10.5 Å². The minimum Gasteiger partial charge on any atom is -0.488 e. The van der Waals surface area contributed by atoms with Gasteiger partial charge in [-0.1, -0.05) is 37.5 Å². The van der Waals surface area contributed by atoms with Crippen molar-refractivity contribution in [3.63, 3.8) is 0 Å². The molecule has 26 heavy (non-hydrogen) atoms. The maximum Gasteiger partial charge on any atom is 0.323 e. The molecule has 0 unspecified atom stereocenters. The Morgan fingerprint density at radius 3 is 2.38 bits per heavy atom. The molecule has 3 rings (SSSR count). The summed E-state index contributed by atoms with van der Waals surface area (Å²) in [7, 11) is 0. The van der Waals surface area contributed by atoms with Crippen LogP contribution in [-0.4, -0.2) is 36.4 Å². The lowest BCUT2D eigenvalue weighted by molar-refractivity contribution is -0.170. The van der Waals surface area contributed by atoms with Gasteiger partial charge < -0.3 is 19.9 Å². The summed E-state index contributed by atoms with van der Waals surface area (Å²) < 4.78 is 18.4. The molecular weight excluding hydrogens is 330 g/mol. The Morgan fingerprint density at radius 2 is 1.65 bits per heavy atom. The highest BCUT2D eigenvalue weighted by molar-refractivity contribution is 5.75. The largest absolute Gasteiger partial charge is 0.488 e. The number of para-hydroxylation sites is 1. The van der Waals surface area contributed by atoms with Gasteiger partial charge in [-0.05, 0) is 51.2 Å². The van der Waals surface area contributed by atoms with E-state index < -0.39 is 6.04 Å². The van der Waals surface area contributed by atoms with Gasteiger partial charge in [0.1, 0.15) is 30.1 Å². The van der Waals surface area contributed by atoms with Crippen molar-refractivity contribution in [3.05, 3.63) is 30.3 Å². The molecule has 0 spiro atoms. The van der Waals surface area contributed by atoms with Crippen LogP contribution in [0.4, 0.5) is 0 Å². The van der Waals surface area contributed by atoms with Crippen molar-refractivity contribution in [3.8, 4) is 5.75 Å². The van der Waals surface area contributed by atoms with Crippen LogP contribution in [0.25, 0.3) is 0 Å². The number of hydrogen-bond donors (Lipinski definition) is 1. The number of carbonyl (C=O) groups is 1. The first-order valence-corrected chi connectivity index (χ1v) is 9.96. The van der Waals surface area contributed by atoms with Gasteiger partial charge in [-0.15, -0.1) is 0 Å². The number of carbonyl (C=O) groups excluding carboxylic acids is 1. The molecule has 0 radical (unpaired) electrons. The lowest BCUT2D eigenvalue weighted by Crippen LogP contribution is -2.47. The van der Waals surface area contributed by atoms with Crippen LogP contribution in [0, 0.1) is 0 Å². The summed E-state index contributed by atoms with van der Waals surface area (Å²) in [5.74, 6) is 0.489. The highest BCUT2D eigenvalue weighted by Crippen LogP contribution is 2.28. The minimum atomic E-state index is -0.545. The Bertz CT molecular complexity index is 558. The number of ether oxygens (including phenoxy) is 3. The van der Waals surface area contributed by atoms with Crippen LogP contribution in [-0.2, 0) is 14.3 Å². The zero-order valence-electron chi connectivity index (χ0n) is 15.6. The molecule has 2 aliphatic rings. The number of nitrogens with two attached hydrogens (primary N) is 1. The summed E-state index contributed by atoms with van der Waals surface area (Å²) in [5, 5.41) is 0. The van der Waals surface area contributed by atoms with Crippen LogP contribution in [0.5, 0.6) is 5.75 Å². The molecule has 2 fully saturated rings. The number of cyclic esters (lactones) is 1. The number of esters is 1. The van der Waals surface area contributed by atoms with E-state index in [1.165, 1.54) is 12.8 Å². The molecule has 1 saturated carbocycles. The average molecular weight is 361 g/mol. The molecule has 0 amide bonds. The summed E-state index contributed by atoms with van der Waals surface area (Å²) in [4.78, 5) is 12.2. The maximum atomic E-state index is 12.2. The van der Waals surface area contributed by atoms with Crippen LogP contribution >= 0.6 is 0 Å². The van der Waals surface area contributed by atoms with E-state index in [9.17, 15) is 4.79 Å². The molecule has 1 heterocycles. The molecule has 4 atom stereocenters. The molecule has 5 nitrogen and oxygen atoms in total. The second-order valence-corrected chi connectivity index (χ2v) is 7.51. The lowest BCUT2D eigenvalue weighted by Gasteiger charge is -2.35. The lowest BCUT2D eigenvalue weighted by atomic mass is 9.99. The Kier molecular flexibility index (Phi) is 6.92. The van der Waals surface area contributed by atoms with Gasteiger partial charge in [-0.2, -0.15) is 0 Å². The molecule has 1 aliphatic carbocycles. The topological polar surface area (TPSA) is 70.8 Å². The van der Waals surface area contributed by atoms with Gasteiger partial charge in [-0.3, -0.25) is 4.79 Å². The molecular formula is C21H31NO4. The zero-order valence-corrected chi connectivity index (χ0v) is 15.6. The normalized spacial score (nSPS) is 31.4. The van der Waals surface area contributed by atoms with Gasteiger partial charge in [0.15, 0.2) is 0 Å². The first kappa shape index (κ1) is 19.2. The van der Waals surface area contributed by atoms with Crippen LogP contribution in [0.2, 0.25) is 0 Å². The minimum absolute atomic E-state index is 0.143. The monoisotopic (exact) mass is 361 g/mol. The first-order valence-electron chi connectivity index (χ1n) is 9.96. The van der Waals surface area contributed by atoms with Crippen molar-refractivity contribution in [2.24, 2.45) is 5.73 Å². The molecule has 1 saturated heterocycles. The second-order valence-electron chi connectivity index (χ2n) is 7.51. The van der Waals surface area contributed by atoms with Crippen molar-refractivity contribution >= 4 is 5.97 Å². The van der Waals surface area contributed by atoms with Gasteiger partial charge in [0.05, 0.1) is 6.10 Å². The summed E-state index contributed by atoms with van der Waals surface area (Å²) in [6, 6.07) is 9.26. The smallest absolute Gasteiger partial charge is 0.323 e. The highest BCUT2D eigenvalue weighted by atomic mass is 16.6. The van der Waals surface area contributed by atoms with Crippen LogP contribution in [0.1, 0.15) is 58.3 Å². The number of benzene rings is 1. The second kappa shape index (κ2) is 9.38. The summed E-state index contributed by atoms with van der Waals surface area (Å²) in [6.45, 7) is 1.90. The summed E-state index contributed by atoms with van der Waals surface area (Å²) in [5.41, 5.74) is 5.95. The van der Waals surface area contributed by atoms with E-state index in [0.717, 1.165) is 37.9 Å². The van der Waals surface area contributed by atoms with Crippen LogP contribution in [0.3, 0.4) is 0 Å². The predicted octanol–water partition coefficient (Wildman–Crippen LogP) is 3.59. The van der Waals surface area contributed by atoms with E-state index >= 15 is 0 Å². The third kappa shape index (κ3) is 5.21. The molecule has 1 aromatic carbocycles. The van der Waals surface area contributed by atoms with Gasteiger partial charge in [0, 0.05) is 0 Å². The van der Waals surface area contributed by atoms with Gasteiger partial charge in [0.2, 0.25) is 0 Å². The molecule has 2 N–H and O–H groups in total. The fourth-order valence-electron chi connectivity index (χ4n) is 3.88. The van der Waals surface area contributed by atoms with E-state index in [1.54, 1.807) is 0 Å². The van der Waals surface area contributed by atoms with Crippen molar-refractivity contribution < 1.29 is 19.0 Å². The Hall–Kier alpha value is -1.59. The standard InChI is InChI=1S/C21H31NO4/c1-15-20(26-17-11-5-6-12-17)19(25-16-9-3-2-4-10-16)14-8-7-13-18(22)21(23)24-15/h2-4,9-10,15,17-20H,5-8,11-14,22H2,1H3/t15-,18-,19-,20-/m0/s1. The van der Waals surface area contributed by atoms with Crippen LogP contribution in [0.15, 0.2) is 30.3 Å². The molecule has 144 valence electrons. The van der Waals surface area contributed by atoms with Crippen molar-refractivity contribution in [1.82, 2.24) is 0 Å². The number of hydrogen-bond acceptors (Lipinski definition) is 5. The van der Waals surface area contributed by atoms with Gasteiger partial charge in [0.25, 0.3) is 0 Å². The Morgan fingerprint density at radius 1 is 1.00 bits per heavy atom. The quantitative estimate of drug-likeness (QED) is 0.830. The van der Waals surface area contributed by atoms with E-state index in [1.807, 2.05) is 37.3 Å². The molecule has 1 aromatic rings. The molecule has 1 aliphatic heterocycles. The average Bonchev–Trinajstić information content (AvgIpc) is 3.15. The van der Waals surface area contributed by atoms with E-state index in [0.29, 0.717) is 6.42 Å². The van der Waals surface area contributed by atoms with Gasteiger partial charge in [-0.25, -0.2) is 0 Å². The summed E-state index contributed by atoms with van der Waals surface area (Å²) in [6.07, 6.45) is 7.28. The van der Waals surface area contributed by atoms with Crippen molar-refractivity contribution in [2.45, 2.75) is 88.7 Å². The first-order chi connectivity index (χ1) is 12.6. The highest BCUT2D eigenvalue weighted by Gasteiger charge is 2.36. The third-order valence-electron chi connectivity index (χ3n) is 5.37. The maximum absolute atomic E-state index is 12.2. The van der Waals surface area contributed by atoms with E-state index in [2.05, 4.69) is 0 Å². The molecule has 0 aromatic heterocycles. The fourth-order valence-corrected chi connectivity index (χ4v) is 3.88. The zero-order chi connectivity index (χ0) is 18.4. The Balaban J connectivity index is 1.78. The predicted molar refractivity (Wildman–Crippen MR) is 100.0 cm³/mol. The van der Waals surface area contributed by atoms with Gasteiger partial charge >= 0.3 is 5.97 Å². The molecule has 5 heteroatoms. The van der Waals surface area contributed by atoms with Crippen molar-refractivity contribution in [2.75, 3.05) is 0 Å². The van der Waals surface area contributed by atoms with Crippen molar-refractivity contribution in [1.29, 1.82) is 0 Å². The van der Waals surface area contributed by atoms with E-state index in [-0.39, 0.29) is 30.4 Å².